The maximum atomic E-state index is 10.2. The number of hydrogen-bond donors (Lipinski definition) is 0. The SMILES string of the molecule is COc1nc(Cl)ccc1CCC=O. The summed E-state index contributed by atoms with van der Waals surface area (Å²) < 4.78 is 5.01. The number of methoxy groups -OCH3 is 1. The minimum Gasteiger partial charge on any atom is -0.481 e. The first-order chi connectivity index (χ1) is 6.27. The fourth-order valence-corrected chi connectivity index (χ4v) is 1.17. The monoisotopic (exact) mass is 199 g/mol. The zero-order valence-corrected chi connectivity index (χ0v) is 8.04. The Morgan fingerprint density at radius 3 is 3.00 bits per heavy atom. The highest BCUT2D eigenvalue weighted by Crippen LogP contribution is 2.19. The molecule has 1 rings (SSSR count). The zero-order valence-electron chi connectivity index (χ0n) is 7.29. The summed E-state index contributed by atoms with van der Waals surface area (Å²) in [4.78, 5) is 14.1. The van der Waals surface area contributed by atoms with Gasteiger partial charge in [0.2, 0.25) is 5.88 Å². The lowest BCUT2D eigenvalue weighted by Crippen LogP contribution is -1.95. The number of carbonyl (C=O) groups excluding carboxylic acids is 1. The fraction of sp³-hybridized carbons (Fsp3) is 0.333. The van der Waals surface area contributed by atoms with Crippen LogP contribution in [-0.4, -0.2) is 18.4 Å². The van der Waals surface area contributed by atoms with Gasteiger partial charge in [0.15, 0.2) is 0 Å². The molecular weight excluding hydrogens is 190 g/mol. The van der Waals surface area contributed by atoms with Crippen molar-refractivity contribution in [1.29, 1.82) is 0 Å². The summed E-state index contributed by atoms with van der Waals surface area (Å²) in [6, 6.07) is 3.50. The molecule has 0 atom stereocenters. The standard InChI is InChI=1S/C9H10ClNO2/c1-13-9-7(3-2-6-12)4-5-8(10)11-9/h4-6H,2-3H2,1H3. The average molecular weight is 200 g/mol. The van der Waals surface area contributed by atoms with Crippen molar-refractivity contribution >= 4 is 17.9 Å². The molecule has 0 fully saturated rings. The van der Waals surface area contributed by atoms with Crippen LogP contribution in [-0.2, 0) is 11.2 Å². The van der Waals surface area contributed by atoms with Crippen LogP contribution in [0.15, 0.2) is 12.1 Å². The van der Waals surface area contributed by atoms with E-state index >= 15 is 0 Å². The van der Waals surface area contributed by atoms with Crippen molar-refractivity contribution in [3.8, 4) is 5.88 Å². The van der Waals surface area contributed by atoms with Gasteiger partial charge in [0.25, 0.3) is 0 Å². The van der Waals surface area contributed by atoms with Crippen molar-refractivity contribution in [2.75, 3.05) is 7.11 Å². The molecule has 0 bridgehead atoms. The minimum absolute atomic E-state index is 0.395. The second-order valence-corrected chi connectivity index (χ2v) is 2.89. The Labute approximate surface area is 81.7 Å². The molecule has 70 valence electrons. The predicted molar refractivity (Wildman–Crippen MR) is 50.2 cm³/mol. The Hall–Kier alpha value is -1.09. The van der Waals surface area contributed by atoms with Gasteiger partial charge in [-0.05, 0) is 12.5 Å². The quantitative estimate of drug-likeness (QED) is 0.549. The summed E-state index contributed by atoms with van der Waals surface area (Å²) in [5, 5.41) is 0.395. The molecule has 0 aliphatic carbocycles. The van der Waals surface area contributed by atoms with Crippen LogP contribution in [0.5, 0.6) is 5.88 Å². The number of pyridine rings is 1. The van der Waals surface area contributed by atoms with Gasteiger partial charge in [-0.3, -0.25) is 0 Å². The number of nitrogens with zero attached hydrogens (tertiary/aromatic N) is 1. The summed E-state index contributed by atoms with van der Waals surface area (Å²) in [6.07, 6.45) is 1.98. The Morgan fingerprint density at radius 2 is 2.38 bits per heavy atom. The van der Waals surface area contributed by atoms with Crippen molar-refractivity contribution in [3.63, 3.8) is 0 Å². The van der Waals surface area contributed by atoms with Crippen LogP contribution in [0, 0.1) is 0 Å². The first kappa shape index (κ1) is 9.99. The van der Waals surface area contributed by atoms with Crippen molar-refractivity contribution in [3.05, 3.63) is 22.8 Å². The third kappa shape index (κ3) is 2.70. The Morgan fingerprint density at radius 1 is 1.62 bits per heavy atom. The molecule has 1 heterocycles. The van der Waals surface area contributed by atoms with E-state index < -0.39 is 0 Å². The van der Waals surface area contributed by atoms with E-state index in [9.17, 15) is 4.79 Å². The third-order valence-corrected chi connectivity index (χ3v) is 1.84. The summed E-state index contributed by atoms with van der Waals surface area (Å²) in [5.41, 5.74) is 0.902. The lowest BCUT2D eigenvalue weighted by molar-refractivity contribution is -0.107. The first-order valence-corrected chi connectivity index (χ1v) is 4.28. The fourth-order valence-electron chi connectivity index (χ4n) is 1.03. The molecule has 3 nitrogen and oxygen atoms in total. The van der Waals surface area contributed by atoms with Gasteiger partial charge >= 0.3 is 0 Å². The zero-order chi connectivity index (χ0) is 9.68. The number of ether oxygens (including phenoxy) is 1. The second kappa shape index (κ2) is 4.82. The van der Waals surface area contributed by atoms with E-state index in [-0.39, 0.29) is 0 Å². The second-order valence-electron chi connectivity index (χ2n) is 2.51. The number of halogens is 1. The maximum absolute atomic E-state index is 10.2. The largest absolute Gasteiger partial charge is 0.481 e. The highest BCUT2D eigenvalue weighted by molar-refractivity contribution is 6.29. The molecule has 0 spiro atoms. The van der Waals surface area contributed by atoms with Crippen molar-refractivity contribution in [1.82, 2.24) is 4.98 Å². The molecule has 13 heavy (non-hydrogen) atoms. The summed E-state index contributed by atoms with van der Waals surface area (Å²) in [7, 11) is 1.53. The normalized spacial score (nSPS) is 9.69. The van der Waals surface area contributed by atoms with Crippen LogP contribution < -0.4 is 4.74 Å². The molecule has 4 heteroatoms. The molecule has 0 N–H and O–H groups in total. The van der Waals surface area contributed by atoms with E-state index in [0.29, 0.717) is 23.9 Å². The highest BCUT2D eigenvalue weighted by Gasteiger charge is 2.04. The van der Waals surface area contributed by atoms with Gasteiger partial charge in [-0.15, -0.1) is 0 Å². The number of aromatic nitrogens is 1. The molecule has 0 saturated carbocycles. The topological polar surface area (TPSA) is 39.2 Å². The minimum atomic E-state index is 0.395. The molecule has 0 saturated heterocycles. The lowest BCUT2D eigenvalue weighted by Gasteiger charge is -2.05. The summed E-state index contributed by atoms with van der Waals surface area (Å²) >= 11 is 5.67. The van der Waals surface area contributed by atoms with Gasteiger partial charge in [-0.1, -0.05) is 17.7 Å². The summed E-state index contributed by atoms with van der Waals surface area (Å²) in [5.74, 6) is 0.495. The summed E-state index contributed by atoms with van der Waals surface area (Å²) in [6.45, 7) is 0. The van der Waals surface area contributed by atoms with Gasteiger partial charge < -0.3 is 9.53 Å². The van der Waals surface area contributed by atoms with Gasteiger partial charge in [0.05, 0.1) is 7.11 Å². The van der Waals surface area contributed by atoms with E-state index in [0.717, 1.165) is 11.8 Å². The van der Waals surface area contributed by atoms with Crippen LogP contribution in [0.4, 0.5) is 0 Å². The number of hydrogen-bond acceptors (Lipinski definition) is 3. The van der Waals surface area contributed by atoms with Gasteiger partial charge in [-0.2, -0.15) is 0 Å². The molecule has 0 radical (unpaired) electrons. The molecule has 1 aromatic rings. The first-order valence-electron chi connectivity index (χ1n) is 3.91. The molecule has 0 aliphatic heterocycles. The van der Waals surface area contributed by atoms with Crippen LogP contribution >= 0.6 is 11.6 Å². The van der Waals surface area contributed by atoms with E-state index in [4.69, 9.17) is 16.3 Å². The van der Waals surface area contributed by atoms with Crippen LogP contribution in [0.3, 0.4) is 0 Å². The highest BCUT2D eigenvalue weighted by atomic mass is 35.5. The molecule has 0 aromatic carbocycles. The maximum Gasteiger partial charge on any atom is 0.217 e. The van der Waals surface area contributed by atoms with Crippen molar-refractivity contribution in [2.24, 2.45) is 0 Å². The predicted octanol–water partition coefficient (Wildman–Crippen LogP) is 1.88. The Balaban J connectivity index is 2.85. The molecule has 0 amide bonds. The Bertz CT molecular complexity index is 302. The third-order valence-electron chi connectivity index (χ3n) is 1.63. The van der Waals surface area contributed by atoms with Crippen molar-refractivity contribution < 1.29 is 9.53 Å². The van der Waals surface area contributed by atoms with E-state index in [1.807, 2.05) is 6.07 Å². The van der Waals surface area contributed by atoms with Crippen LogP contribution in [0.2, 0.25) is 5.15 Å². The number of rotatable bonds is 4. The van der Waals surface area contributed by atoms with Gasteiger partial charge in [0, 0.05) is 12.0 Å². The number of carbonyl (C=O) groups is 1. The molecule has 0 unspecified atom stereocenters. The lowest BCUT2D eigenvalue weighted by atomic mass is 10.1. The Kier molecular flexibility index (Phi) is 3.71. The van der Waals surface area contributed by atoms with Gasteiger partial charge in [0.1, 0.15) is 11.4 Å². The smallest absolute Gasteiger partial charge is 0.217 e. The molecule has 1 aromatic heterocycles. The van der Waals surface area contributed by atoms with Crippen LogP contribution in [0.25, 0.3) is 0 Å². The average Bonchev–Trinajstić information content (AvgIpc) is 2.16. The number of aryl methyl sites for hydroxylation is 1. The molecular formula is C9H10ClNO2. The molecule has 0 aliphatic rings. The van der Waals surface area contributed by atoms with Crippen molar-refractivity contribution in [2.45, 2.75) is 12.8 Å². The van der Waals surface area contributed by atoms with E-state index in [2.05, 4.69) is 4.98 Å². The van der Waals surface area contributed by atoms with Gasteiger partial charge in [-0.25, -0.2) is 4.98 Å². The van der Waals surface area contributed by atoms with E-state index in [1.165, 1.54) is 7.11 Å². The number of aldehydes is 1. The van der Waals surface area contributed by atoms with Crippen LogP contribution in [0.1, 0.15) is 12.0 Å². The van der Waals surface area contributed by atoms with E-state index in [1.54, 1.807) is 6.07 Å².